The first kappa shape index (κ1) is 16.6. The second-order valence-corrected chi connectivity index (χ2v) is 7.53. The molecule has 0 aliphatic carbocycles. The third kappa shape index (κ3) is 4.41. The van der Waals surface area contributed by atoms with Crippen molar-refractivity contribution in [3.05, 3.63) is 70.4 Å². The fourth-order valence-corrected chi connectivity index (χ4v) is 4.11. The molecule has 0 aliphatic rings. The van der Waals surface area contributed by atoms with E-state index in [-0.39, 0.29) is 5.43 Å². The monoisotopic (exact) mass is 352 g/mol. The first-order valence-corrected chi connectivity index (χ1v) is 9.33. The van der Waals surface area contributed by atoms with E-state index in [1.165, 1.54) is 5.56 Å². The van der Waals surface area contributed by atoms with Crippen molar-refractivity contribution in [1.82, 2.24) is 0 Å². The molecular formula is C20H16O2S2. The van der Waals surface area contributed by atoms with Crippen LogP contribution in [-0.4, -0.2) is 12.4 Å². The van der Waals surface area contributed by atoms with Gasteiger partial charge in [-0.1, -0.05) is 41.7 Å². The van der Waals surface area contributed by atoms with Gasteiger partial charge in [-0.15, -0.1) is 23.1 Å². The smallest absolute Gasteiger partial charge is 0.189 e. The maximum absolute atomic E-state index is 12.1. The summed E-state index contributed by atoms with van der Waals surface area (Å²) in [5.41, 5.74) is 1.28. The van der Waals surface area contributed by atoms with Gasteiger partial charge >= 0.3 is 0 Å². The molecule has 0 fully saturated rings. The molecule has 0 saturated heterocycles. The fourth-order valence-electron chi connectivity index (χ4n) is 2.12. The molecule has 0 atom stereocenters. The summed E-state index contributed by atoms with van der Waals surface area (Å²) in [4.78, 5) is 12.1. The number of hydrogen-bond donors (Lipinski definition) is 0. The predicted octanol–water partition coefficient (Wildman–Crippen LogP) is 4.74. The Morgan fingerprint density at radius 1 is 1.08 bits per heavy atom. The van der Waals surface area contributed by atoms with E-state index in [9.17, 15) is 4.79 Å². The Hall–Kier alpha value is -2.22. The fraction of sp³-hybridized carbons (Fsp3) is 0.150. The van der Waals surface area contributed by atoms with Crippen LogP contribution in [0.5, 0.6) is 5.75 Å². The Morgan fingerprint density at radius 3 is 2.71 bits per heavy atom. The van der Waals surface area contributed by atoms with Crippen LogP contribution in [-0.2, 0) is 0 Å². The Bertz CT molecular complexity index is 947. The van der Waals surface area contributed by atoms with Gasteiger partial charge in [0.2, 0.25) is 0 Å². The molecule has 2 aromatic carbocycles. The molecule has 0 bridgehead atoms. The molecule has 0 radical (unpaired) electrons. The van der Waals surface area contributed by atoms with Crippen LogP contribution in [0.3, 0.4) is 0 Å². The lowest BCUT2D eigenvalue weighted by Crippen LogP contribution is -1.98. The van der Waals surface area contributed by atoms with Crippen LogP contribution in [0.2, 0.25) is 0 Å². The number of aryl methyl sites for hydroxylation is 1. The molecule has 1 heterocycles. The molecule has 120 valence electrons. The minimum Gasteiger partial charge on any atom is -0.481 e. The first-order valence-electron chi connectivity index (χ1n) is 7.53. The quantitative estimate of drug-likeness (QED) is 0.501. The second-order valence-electron chi connectivity index (χ2n) is 5.17. The molecule has 3 rings (SSSR count). The van der Waals surface area contributed by atoms with Gasteiger partial charge in [-0.3, -0.25) is 4.79 Å². The Labute approximate surface area is 149 Å². The molecule has 1 aromatic heterocycles. The predicted molar refractivity (Wildman–Crippen MR) is 103 cm³/mol. The van der Waals surface area contributed by atoms with Gasteiger partial charge in [0.25, 0.3) is 0 Å². The number of thioether (sulfide) groups is 1. The Morgan fingerprint density at radius 2 is 1.88 bits per heavy atom. The number of benzene rings is 2. The van der Waals surface area contributed by atoms with Crippen molar-refractivity contribution in [3.63, 3.8) is 0 Å². The Kier molecular flexibility index (Phi) is 5.58. The van der Waals surface area contributed by atoms with Crippen LogP contribution >= 0.6 is 23.1 Å². The van der Waals surface area contributed by atoms with Crippen molar-refractivity contribution in [1.29, 1.82) is 0 Å². The average molecular weight is 352 g/mol. The molecule has 2 nitrogen and oxygen atoms in total. The maximum Gasteiger partial charge on any atom is 0.189 e. The van der Waals surface area contributed by atoms with Crippen molar-refractivity contribution < 1.29 is 4.74 Å². The van der Waals surface area contributed by atoms with Gasteiger partial charge in [0.15, 0.2) is 5.43 Å². The van der Waals surface area contributed by atoms with Crippen LogP contribution in [0.4, 0.5) is 0 Å². The zero-order valence-corrected chi connectivity index (χ0v) is 14.9. The van der Waals surface area contributed by atoms with Gasteiger partial charge in [-0.25, -0.2) is 0 Å². The molecule has 0 unspecified atom stereocenters. The number of rotatable bonds is 4. The normalized spacial score (nSPS) is 10.2. The van der Waals surface area contributed by atoms with E-state index in [4.69, 9.17) is 4.74 Å². The van der Waals surface area contributed by atoms with E-state index in [0.29, 0.717) is 12.4 Å². The highest BCUT2D eigenvalue weighted by molar-refractivity contribution is 8.01. The van der Waals surface area contributed by atoms with E-state index in [1.54, 1.807) is 29.2 Å². The van der Waals surface area contributed by atoms with E-state index < -0.39 is 0 Å². The van der Waals surface area contributed by atoms with Crippen molar-refractivity contribution in [2.24, 2.45) is 0 Å². The third-order valence-corrected chi connectivity index (χ3v) is 5.55. The molecule has 0 N–H and O–H groups in total. The summed E-state index contributed by atoms with van der Waals surface area (Å²) in [6.07, 6.45) is 0. The molecule has 0 amide bonds. The lowest BCUT2D eigenvalue weighted by atomic mass is 10.2. The maximum atomic E-state index is 12.1. The standard InChI is InChI=1S/C20H16O2S2/c1-15-8-10-16(11-9-15)22-12-4-5-13-23-20-14-18(21)17-6-2-3-7-19(17)24-20/h2-3,6-11,14H,12-13H2,1H3. The number of hydrogen-bond acceptors (Lipinski definition) is 4. The summed E-state index contributed by atoms with van der Waals surface area (Å²) in [7, 11) is 0. The highest BCUT2D eigenvalue weighted by Gasteiger charge is 2.02. The SMILES string of the molecule is Cc1ccc(OCC#CCSc2cc(=O)c3ccccc3s2)cc1. The van der Waals surface area contributed by atoms with Gasteiger partial charge < -0.3 is 4.74 Å². The van der Waals surface area contributed by atoms with Gasteiger partial charge in [-0.05, 0) is 31.2 Å². The highest BCUT2D eigenvalue weighted by atomic mass is 32.2. The van der Waals surface area contributed by atoms with Crippen LogP contribution in [0, 0.1) is 18.8 Å². The summed E-state index contributed by atoms with van der Waals surface area (Å²) in [5, 5.41) is 0.782. The molecule has 0 aliphatic heterocycles. The van der Waals surface area contributed by atoms with Gasteiger partial charge in [-0.2, -0.15) is 0 Å². The molecule has 0 spiro atoms. The lowest BCUT2D eigenvalue weighted by molar-refractivity contribution is 0.370. The zero-order valence-electron chi connectivity index (χ0n) is 13.2. The van der Waals surface area contributed by atoms with E-state index in [0.717, 1.165) is 20.0 Å². The van der Waals surface area contributed by atoms with Gasteiger partial charge in [0, 0.05) is 16.2 Å². The van der Waals surface area contributed by atoms with E-state index >= 15 is 0 Å². The molecular weight excluding hydrogens is 336 g/mol. The summed E-state index contributed by atoms with van der Waals surface area (Å²) >= 11 is 3.21. The van der Waals surface area contributed by atoms with E-state index in [2.05, 4.69) is 11.8 Å². The summed E-state index contributed by atoms with van der Waals surface area (Å²) in [5.74, 6) is 7.55. The molecule has 4 heteroatoms. The summed E-state index contributed by atoms with van der Waals surface area (Å²) in [6, 6.07) is 17.3. The summed E-state index contributed by atoms with van der Waals surface area (Å²) in [6.45, 7) is 2.42. The molecule has 0 saturated carbocycles. The average Bonchev–Trinajstić information content (AvgIpc) is 2.60. The molecule has 24 heavy (non-hydrogen) atoms. The second kappa shape index (κ2) is 8.05. The zero-order chi connectivity index (χ0) is 16.8. The molecule has 3 aromatic rings. The lowest BCUT2D eigenvalue weighted by Gasteiger charge is -2.01. The van der Waals surface area contributed by atoms with Crippen LogP contribution in [0.15, 0.2) is 63.6 Å². The third-order valence-electron chi connectivity index (χ3n) is 3.36. The Balaban J connectivity index is 1.53. The van der Waals surface area contributed by atoms with Gasteiger partial charge in [0.05, 0.1) is 9.96 Å². The number of fused-ring (bicyclic) bond motifs is 1. The van der Waals surface area contributed by atoms with Crippen LogP contribution in [0.25, 0.3) is 10.1 Å². The van der Waals surface area contributed by atoms with Crippen molar-refractivity contribution in [3.8, 4) is 17.6 Å². The minimum atomic E-state index is 0.0718. The van der Waals surface area contributed by atoms with Gasteiger partial charge in [0.1, 0.15) is 12.4 Å². The summed E-state index contributed by atoms with van der Waals surface area (Å²) < 4.78 is 7.57. The van der Waals surface area contributed by atoms with Crippen LogP contribution in [0.1, 0.15) is 5.56 Å². The first-order chi connectivity index (χ1) is 11.7. The topological polar surface area (TPSA) is 26.3 Å². The van der Waals surface area contributed by atoms with Crippen molar-refractivity contribution >= 4 is 33.2 Å². The minimum absolute atomic E-state index is 0.0718. The number of ether oxygens (including phenoxy) is 1. The largest absolute Gasteiger partial charge is 0.481 e. The van der Waals surface area contributed by atoms with Crippen molar-refractivity contribution in [2.75, 3.05) is 12.4 Å². The highest BCUT2D eigenvalue weighted by Crippen LogP contribution is 2.26. The van der Waals surface area contributed by atoms with Crippen molar-refractivity contribution in [2.45, 2.75) is 11.1 Å². The van der Waals surface area contributed by atoms with E-state index in [1.807, 2.05) is 55.5 Å². The van der Waals surface area contributed by atoms with Crippen LogP contribution < -0.4 is 10.2 Å².